The molecule has 40 heavy (non-hydrogen) atoms. The Bertz CT molecular complexity index is 1530. The number of hydrogen-bond donors (Lipinski definition) is 2. The van der Waals surface area contributed by atoms with E-state index in [0.29, 0.717) is 31.1 Å². The smallest absolute Gasteiger partial charge is 0.341 e. The molecule has 4 aromatic carbocycles. The predicted molar refractivity (Wildman–Crippen MR) is 153 cm³/mol. The van der Waals surface area contributed by atoms with Crippen LogP contribution in [-0.2, 0) is 27.6 Å². The SMILES string of the molecule is O=C(O)COc1ccccc1S(=O)(=O)c1ccc(CCN(Cc2ccccc2)C[C@@H](O)c2cccc(Cl)c2)cc1. The number of carboxylic acid groups (broad SMARTS) is 1. The van der Waals surface area contributed by atoms with Crippen molar-refractivity contribution in [2.75, 3.05) is 19.7 Å². The Morgan fingerprint density at radius 3 is 2.27 bits per heavy atom. The number of hydrogen-bond acceptors (Lipinski definition) is 6. The molecule has 208 valence electrons. The number of aliphatic hydroxyl groups is 1. The zero-order chi connectivity index (χ0) is 28.5. The fraction of sp³-hybridized carbons (Fsp3) is 0.194. The summed E-state index contributed by atoms with van der Waals surface area (Å²) in [5.41, 5.74) is 2.79. The first-order valence-electron chi connectivity index (χ1n) is 12.7. The summed E-state index contributed by atoms with van der Waals surface area (Å²) in [6.07, 6.45) is -0.0911. The summed E-state index contributed by atoms with van der Waals surface area (Å²) in [4.78, 5) is 13.0. The fourth-order valence-corrected chi connectivity index (χ4v) is 5.92. The van der Waals surface area contributed by atoms with E-state index in [1.807, 2.05) is 42.5 Å². The number of aliphatic hydroxyl groups excluding tert-OH is 1. The molecule has 0 saturated carbocycles. The molecule has 0 heterocycles. The van der Waals surface area contributed by atoms with Gasteiger partial charge in [-0.15, -0.1) is 0 Å². The van der Waals surface area contributed by atoms with Crippen LogP contribution in [0.3, 0.4) is 0 Å². The van der Waals surface area contributed by atoms with Crippen molar-refractivity contribution in [3.63, 3.8) is 0 Å². The van der Waals surface area contributed by atoms with E-state index in [4.69, 9.17) is 21.4 Å². The molecular formula is C31H30ClNO6S. The molecule has 0 spiro atoms. The second-order valence-electron chi connectivity index (χ2n) is 9.32. The summed E-state index contributed by atoms with van der Waals surface area (Å²) >= 11 is 6.12. The Hall–Kier alpha value is -3.69. The van der Waals surface area contributed by atoms with Gasteiger partial charge in [0.25, 0.3) is 0 Å². The summed E-state index contributed by atoms with van der Waals surface area (Å²) in [5, 5.41) is 20.4. The molecule has 0 aliphatic heterocycles. The molecule has 4 rings (SSSR count). The maximum absolute atomic E-state index is 13.3. The van der Waals surface area contributed by atoms with Crippen molar-refractivity contribution in [3.8, 4) is 5.75 Å². The van der Waals surface area contributed by atoms with Crippen LogP contribution in [0.15, 0.2) is 113 Å². The highest BCUT2D eigenvalue weighted by Crippen LogP contribution is 2.29. The molecule has 0 saturated heterocycles. The molecular weight excluding hydrogens is 550 g/mol. The molecule has 0 aliphatic rings. The van der Waals surface area contributed by atoms with Gasteiger partial charge in [0.1, 0.15) is 10.6 Å². The summed E-state index contributed by atoms with van der Waals surface area (Å²) in [6.45, 7) is 1.02. The Kier molecular flexibility index (Phi) is 9.95. The summed E-state index contributed by atoms with van der Waals surface area (Å²) < 4.78 is 31.8. The van der Waals surface area contributed by atoms with E-state index < -0.39 is 28.5 Å². The lowest BCUT2D eigenvalue weighted by Crippen LogP contribution is -2.30. The van der Waals surface area contributed by atoms with Gasteiger partial charge >= 0.3 is 5.97 Å². The molecule has 9 heteroatoms. The lowest BCUT2D eigenvalue weighted by Gasteiger charge is -2.25. The number of nitrogens with zero attached hydrogens (tertiary/aromatic N) is 1. The van der Waals surface area contributed by atoms with Crippen molar-refractivity contribution in [2.24, 2.45) is 0 Å². The molecule has 0 fully saturated rings. The van der Waals surface area contributed by atoms with Crippen LogP contribution in [0.5, 0.6) is 5.75 Å². The minimum absolute atomic E-state index is 0.0104. The van der Waals surface area contributed by atoms with Gasteiger partial charge in [-0.2, -0.15) is 0 Å². The van der Waals surface area contributed by atoms with Crippen LogP contribution < -0.4 is 4.74 Å². The summed E-state index contributed by atoms with van der Waals surface area (Å²) in [5.74, 6) is -1.21. The maximum atomic E-state index is 13.3. The third kappa shape index (κ3) is 7.92. The van der Waals surface area contributed by atoms with E-state index in [-0.39, 0.29) is 15.5 Å². The Morgan fingerprint density at radius 2 is 1.57 bits per heavy atom. The van der Waals surface area contributed by atoms with Gasteiger partial charge in [0.2, 0.25) is 9.84 Å². The first-order valence-corrected chi connectivity index (χ1v) is 14.6. The van der Waals surface area contributed by atoms with Gasteiger partial charge in [0.15, 0.2) is 6.61 Å². The van der Waals surface area contributed by atoms with Gasteiger partial charge in [0, 0.05) is 24.7 Å². The van der Waals surface area contributed by atoms with Crippen LogP contribution in [-0.4, -0.2) is 49.2 Å². The van der Waals surface area contributed by atoms with E-state index >= 15 is 0 Å². The van der Waals surface area contributed by atoms with E-state index in [9.17, 15) is 18.3 Å². The van der Waals surface area contributed by atoms with Crippen molar-refractivity contribution < 1.29 is 28.2 Å². The number of benzene rings is 4. The maximum Gasteiger partial charge on any atom is 0.341 e. The number of carbonyl (C=O) groups is 1. The highest BCUT2D eigenvalue weighted by molar-refractivity contribution is 7.91. The molecule has 1 atom stereocenters. The predicted octanol–water partition coefficient (Wildman–Crippen LogP) is 5.41. The van der Waals surface area contributed by atoms with Crippen LogP contribution in [0, 0.1) is 0 Å². The van der Waals surface area contributed by atoms with Crippen molar-refractivity contribution in [1.82, 2.24) is 4.90 Å². The third-order valence-corrected chi connectivity index (χ3v) is 8.40. The molecule has 0 radical (unpaired) electrons. The van der Waals surface area contributed by atoms with Gasteiger partial charge in [-0.05, 0) is 59.5 Å². The van der Waals surface area contributed by atoms with E-state index in [2.05, 4.69) is 4.90 Å². The number of rotatable bonds is 13. The number of para-hydroxylation sites is 1. The van der Waals surface area contributed by atoms with Gasteiger partial charge < -0.3 is 14.9 Å². The normalized spacial score (nSPS) is 12.3. The summed E-state index contributed by atoms with van der Waals surface area (Å²) in [6, 6.07) is 29.8. The van der Waals surface area contributed by atoms with Crippen LogP contribution in [0.25, 0.3) is 0 Å². The number of sulfone groups is 1. The average Bonchev–Trinajstić information content (AvgIpc) is 2.95. The zero-order valence-electron chi connectivity index (χ0n) is 21.7. The largest absolute Gasteiger partial charge is 0.481 e. The van der Waals surface area contributed by atoms with Crippen LogP contribution >= 0.6 is 11.6 Å². The lowest BCUT2D eigenvalue weighted by atomic mass is 10.1. The van der Waals surface area contributed by atoms with Crippen molar-refractivity contribution in [3.05, 3.63) is 125 Å². The lowest BCUT2D eigenvalue weighted by molar-refractivity contribution is -0.139. The molecule has 0 unspecified atom stereocenters. The number of halogens is 1. The second kappa shape index (κ2) is 13.6. The van der Waals surface area contributed by atoms with Gasteiger partial charge in [0.05, 0.1) is 11.0 Å². The molecule has 7 nitrogen and oxygen atoms in total. The van der Waals surface area contributed by atoms with Crippen molar-refractivity contribution in [2.45, 2.75) is 28.9 Å². The fourth-order valence-electron chi connectivity index (χ4n) is 4.32. The summed E-state index contributed by atoms with van der Waals surface area (Å²) in [7, 11) is -3.93. The van der Waals surface area contributed by atoms with Crippen LogP contribution in [0.2, 0.25) is 5.02 Å². The molecule has 0 aromatic heterocycles. The first-order chi connectivity index (χ1) is 19.2. The van der Waals surface area contributed by atoms with Crippen molar-refractivity contribution >= 4 is 27.4 Å². The first kappa shape index (κ1) is 29.3. The van der Waals surface area contributed by atoms with Gasteiger partial charge in [-0.3, -0.25) is 4.90 Å². The standard InChI is InChI=1S/C31H30ClNO6S/c32-26-10-6-9-25(19-26)28(34)21-33(20-24-7-2-1-3-8-24)18-17-23-13-15-27(16-14-23)40(37,38)30-12-5-4-11-29(30)39-22-31(35)36/h1-16,19,28,34H,17-18,20-22H2,(H,35,36)/t28-/m1/s1. The Morgan fingerprint density at radius 1 is 0.875 bits per heavy atom. The van der Waals surface area contributed by atoms with E-state index in [0.717, 1.165) is 16.7 Å². The molecule has 0 amide bonds. The highest BCUT2D eigenvalue weighted by atomic mass is 35.5. The average molecular weight is 580 g/mol. The molecule has 4 aromatic rings. The topological polar surface area (TPSA) is 104 Å². The monoisotopic (exact) mass is 579 g/mol. The Labute approximate surface area is 239 Å². The Balaban J connectivity index is 1.47. The molecule has 0 aliphatic carbocycles. The second-order valence-corrected chi connectivity index (χ2v) is 11.7. The van der Waals surface area contributed by atoms with Gasteiger partial charge in [-0.25, -0.2) is 13.2 Å². The highest BCUT2D eigenvalue weighted by Gasteiger charge is 2.23. The minimum atomic E-state index is -3.93. The van der Waals surface area contributed by atoms with Gasteiger partial charge in [-0.1, -0.05) is 78.3 Å². The molecule has 0 bridgehead atoms. The van der Waals surface area contributed by atoms with Crippen LogP contribution in [0.4, 0.5) is 0 Å². The van der Waals surface area contributed by atoms with E-state index in [1.165, 1.54) is 12.1 Å². The van der Waals surface area contributed by atoms with Crippen molar-refractivity contribution in [1.29, 1.82) is 0 Å². The van der Waals surface area contributed by atoms with Crippen LogP contribution in [0.1, 0.15) is 22.8 Å². The third-order valence-electron chi connectivity index (χ3n) is 6.35. The number of aliphatic carboxylic acids is 1. The molecule has 2 N–H and O–H groups in total. The number of carboxylic acids is 1. The quantitative estimate of drug-likeness (QED) is 0.218. The zero-order valence-corrected chi connectivity index (χ0v) is 23.3. The van der Waals surface area contributed by atoms with E-state index in [1.54, 1.807) is 48.5 Å². The minimum Gasteiger partial charge on any atom is -0.481 e. The number of ether oxygens (including phenoxy) is 1.